The third-order valence-corrected chi connectivity index (χ3v) is 2.43. The molecule has 3 N–H and O–H groups in total. The van der Waals surface area contributed by atoms with Crippen molar-refractivity contribution < 1.29 is 10.2 Å². The van der Waals surface area contributed by atoms with Crippen LogP contribution in [0.1, 0.15) is 38.0 Å². The molecule has 17 heavy (non-hydrogen) atoms. The summed E-state index contributed by atoms with van der Waals surface area (Å²) in [6.07, 6.45) is -0.543. The van der Waals surface area contributed by atoms with Gasteiger partial charge in [0, 0.05) is 12.1 Å². The standard InChI is InChI=1S/C13H21NO2.ClH/c1-9-7-10(5-6-11(9)15)12(16)8-14-13(2,3)4;/h5-7,12,14-16H,8H2,1-4H3;1H. The van der Waals surface area contributed by atoms with Crippen molar-refractivity contribution in [3.05, 3.63) is 29.3 Å². The van der Waals surface area contributed by atoms with Crippen LogP contribution in [-0.4, -0.2) is 22.3 Å². The van der Waals surface area contributed by atoms with E-state index in [1.165, 1.54) is 0 Å². The largest absolute Gasteiger partial charge is 0.508 e. The minimum Gasteiger partial charge on any atom is -0.508 e. The predicted octanol–water partition coefficient (Wildman–Crippen LogP) is 2.54. The normalized spacial score (nSPS) is 13.0. The van der Waals surface area contributed by atoms with Crippen LogP contribution in [0.15, 0.2) is 18.2 Å². The molecule has 4 heteroatoms. The number of nitrogens with one attached hydrogen (secondary N) is 1. The summed E-state index contributed by atoms with van der Waals surface area (Å²) in [6.45, 7) is 8.50. The summed E-state index contributed by atoms with van der Waals surface area (Å²) >= 11 is 0. The number of aliphatic hydroxyl groups is 1. The van der Waals surface area contributed by atoms with Crippen LogP contribution in [0, 0.1) is 6.92 Å². The fourth-order valence-electron chi connectivity index (χ4n) is 1.41. The van der Waals surface area contributed by atoms with Crippen LogP contribution in [0.5, 0.6) is 5.75 Å². The van der Waals surface area contributed by atoms with Crippen LogP contribution >= 0.6 is 12.4 Å². The van der Waals surface area contributed by atoms with Gasteiger partial charge in [0.15, 0.2) is 0 Å². The molecule has 0 aliphatic carbocycles. The van der Waals surface area contributed by atoms with Crippen molar-refractivity contribution >= 4 is 12.4 Å². The number of rotatable bonds is 3. The van der Waals surface area contributed by atoms with Gasteiger partial charge in [0.25, 0.3) is 0 Å². The van der Waals surface area contributed by atoms with Gasteiger partial charge in [-0.15, -0.1) is 12.4 Å². The van der Waals surface area contributed by atoms with Crippen molar-refractivity contribution in [3.63, 3.8) is 0 Å². The van der Waals surface area contributed by atoms with Gasteiger partial charge < -0.3 is 15.5 Å². The Balaban J connectivity index is 0.00000256. The average molecular weight is 260 g/mol. The summed E-state index contributed by atoms with van der Waals surface area (Å²) in [5.74, 6) is 0.264. The smallest absolute Gasteiger partial charge is 0.118 e. The lowest BCUT2D eigenvalue weighted by atomic mass is 10.0. The van der Waals surface area contributed by atoms with E-state index >= 15 is 0 Å². The molecule has 0 radical (unpaired) electrons. The molecule has 0 fully saturated rings. The number of benzene rings is 1. The van der Waals surface area contributed by atoms with Crippen LogP contribution in [0.3, 0.4) is 0 Å². The molecular formula is C13H22ClNO2. The summed E-state index contributed by atoms with van der Waals surface area (Å²) in [5, 5.41) is 22.6. The van der Waals surface area contributed by atoms with Gasteiger partial charge in [0.1, 0.15) is 5.75 Å². The predicted molar refractivity (Wildman–Crippen MR) is 72.8 cm³/mol. The molecule has 0 aliphatic rings. The van der Waals surface area contributed by atoms with Crippen LogP contribution in [0.4, 0.5) is 0 Å². The number of hydrogen-bond donors (Lipinski definition) is 3. The third kappa shape index (κ3) is 5.39. The van der Waals surface area contributed by atoms with Crippen LogP contribution in [0.25, 0.3) is 0 Å². The molecule has 1 rings (SSSR count). The minimum atomic E-state index is -0.543. The van der Waals surface area contributed by atoms with Gasteiger partial charge in [0.2, 0.25) is 0 Å². The molecule has 0 aliphatic heterocycles. The van der Waals surface area contributed by atoms with E-state index in [0.717, 1.165) is 11.1 Å². The van der Waals surface area contributed by atoms with Gasteiger partial charge in [-0.05, 0) is 51.0 Å². The maximum atomic E-state index is 9.96. The Hall–Kier alpha value is -0.770. The van der Waals surface area contributed by atoms with E-state index in [1.54, 1.807) is 12.1 Å². The second-order valence-corrected chi connectivity index (χ2v) is 5.19. The SMILES string of the molecule is Cc1cc(C(O)CNC(C)(C)C)ccc1O.Cl. The highest BCUT2D eigenvalue weighted by atomic mass is 35.5. The van der Waals surface area contributed by atoms with Crippen molar-refractivity contribution in [2.75, 3.05) is 6.54 Å². The van der Waals surface area contributed by atoms with Crippen molar-refractivity contribution in [2.24, 2.45) is 0 Å². The van der Waals surface area contributed by atoms with E-state index in [0.29, 0.717) is 6.54 Å². The minimum absolute atomic E-state index is 0. The first-order chi connectivity index (χ1) is 7.29. The molecule has 0 amide bonds. The number of hydrogen-bond acceptors (Lipinski definition) is 3. The summed E-state index contributed by atoms with van der Waals surface area (Å²) < 4.78 is 0. The zero-order valence-electron chi connectivity index (χ0n) is 10.8. The number of aliphatic hydroxyl groups excluding tert-OH is 1. The quantitative estimate of drug-likeness (QED) is 0.782. The second-order valence-electron chi connectivity index (χ2n) is 5.19. The lowest BCUT2D eigenvalue weighted by molar-refractivity contribution is 0.163. The monoisotopic (exact) mass is 259 g/mol. The van der Waals surface area contributed by atoms with Crippen LogP contribution in [0.2, 0.25) is 0 Å². The first-order valence-electron chi connectivity index (χ1n) is 5.52. The van der Waals surface area contributed by atoms with Crippen molar-refractivity contribution in [1.82, 2.24) is 5.32 Å². The maximum absolute atomic E-state index is 9.96. The molecule has 1 aromatic rings. The molecule has 98 valence electrons. The average Bonchev–Trinajstić information content (AvgIpc) is 2.17. The van der Waals surface area contributed by atoms with Gasteiger partial charge in [0.05, 0.1) is 6.10 Å². The van der Waals surface area contributed by atoms with Crippen molar-refractivity contribution in [1.29, 1.82) is 0 Å². The fraction of sp³-hybridized carbons (Fsp3) is 0.538. The third-order valence-electron chi connectivity index (χ3n) is 2.43. The zero-order chi connectivity index (χ0) is 12.3. The van der Waals surface area contributed by atoms with Gasteiger partial charge >= 0.3 is 0 Å². The molecule has 0 heterocycles. The van der Waals surface area contributed by atoms with Crippen molar-refractivity contribution in [3.8, 4) is 5.75 Å². The topological polar surface area (TPSA) is 52.5 Å². The highest BCUT2D eigenvalue weighted by molar-refractivity contribution is 5.85. The Morgan fingerprint density at radius 3 is 2.35 bits per heavy atom. The van der Waals surface area contributed by atoms with E-state index in [2.05, 4.69) is 26.1 Å². The van der Waals surface area contributed by atoms with E-state index in [4.69, 9.17) is 0 Å². The number of aromatic hydroxyl groups is 1. The van der Waals surface area contributed by atoms with Crippen molar-refractivity contribution in [2.45, 2.75) is 39.3 Å². The van der Waals surface area contributed by atoms with E-state index in [1.807, 2.05) is 13.0 Å². The second kappa shape index (κ2) is 6.24. The Labute approximate surface area is 109 Å². The van der Waals surface area contributed by atoms with Crippen LogP contribution in [-0.2, 0) is 0 Å². The summed E-state index contributed by atoms with van der Waals surface area (Å²) in [6, 6.07) is 5.17. The number of phenolic OH excluding ortho intramolecular Hbond substituents is 1. The summed E-state index contributed by atoms with van der Waals surface area (Å²) in [7, 11) is 0. The Kier molecular flexibility index (Phi) is 5.96. The van der Waals surface area contributed by atoms with Gasteiger partial charge in [-0.2, -0.15) is 0 Å². The van der Waals surface area contributed by atoms with E-state index in [-0.39, 0.29) is 23.7 Å². The lowest BCUT2D eigenvalue weighted by Crippen LogP contribution is -2.38. The Morgan fingerprint density at radius 1 is 1.29 bits per heavy atom. The lowest BCUT2D eigenvalue weighted by Gasteiger charge is -2.23. The highest BCUT2D eigenvalue weighted by Gasteiger charge is 2.14. The molecule has 0 spiro atoms. The first-order valence-corrected chi connectivity index (χ1v) is 5.52. The summed E-state index contributed by atoms with van der Waals surface area (Å²) in [5.41, 5.74) is 1.60. The van der Waals surface area contributed by atoms with Gasteiger partial charge in [-0.1, -0.05) is 6.07 Å². The van der Waals surface area contributed by atoms with Crippen LogP contribution < -0.4 is 5.32 Å². The molecule has 1 unspecified atom stereocenters. The zero-order valence-corrected chi connectivity index (χ0v) is 11.6. The van der Waals surface area contributed by atoms with E-state index < -0.39 is 6.10 Å². The van der Waals surface area contributed by atoms with Gasteiger partial charge in [-0.3, -0.25) is 0 Å². The molecule has 1 aromatic carbocycles. The molecule has 0 aromatic heterocycles. The van der Waals surface area contributed by atoms with E-state index in [9.17, 15) is 10.2 Å². The summed E-state index contributed by atoms with van der Waals surface area (Å²) in [4.78, 5) is 0. The molecule has 0 saturated heterocycles. The first kappa shape index (κ1) is 16.2. The number of β-amino-alcohol motifs (C(OH)–C–C–N with tert-alkyl or cyclic N) is 1. The number of aryl methyl sites for hydroxylation is 1. The molecule has 3 nitrogen and oxygen atoms in total. The van der Waals surface area contributed by atoms with Gasteiger partial charge in [-0.25, -0.2) is 0 Å². The fourth-order valence-corrected chi connectivity index (χ4v) is 1.41. The molecule has 0 saturated carbocycles. The molecular weight excluding hydrogens is 238 g/mol. The number of halogens is 1. The molecule has 1 atom stereocenters. The highest BCUT2D eigenvalue weighted by Crippen LogP contribution is 2.21. The Bertz CT molecular complexity index is 361. The number of phenols is 1. The Morgan fingerprint density at radius 2 is 1.88 bits per heavy atom. The maximum Gasteiger partial charge on any atom is 0.118 e. The molecule has 0 bridgehead atoms.